The summed E-state index contributed by atoms with van der Waals surface area (Å²) >= 11 is 0. The first kappa shape index (κ1) is 10.2. The summed E-state index contributed by atoms with van der Waals surface area (Å²) < 4.78 is 5.09. The van der Waals surface area contributed by atoms with Gasteiger partial charge in [0.05, 0.1) is 12.3 Å². The van der Waals surface area contributed by atoms with E-state index in [0.29, 0.717) is 6.54 Å². The number of nitrogens with zero attached hydrogens (tertiary/aromatic N) is 2. The van der Waals surface area contributed by atoms with Gasteiger partial charge in [0.1, 0.15) is 5.76 Å². The van der Waals surface area contributed by atoms with E-state index in [2.05, 4.69) is 16.8 Å². The Bertz CT molecular complexity index is 248. The monoisotopic (exact) mass is 184 g/mol. The summed E-state index contributed by atoms with van der Waals surface area (Å²) in [6, 6.07) is 0. The highest BCUT2D eigenvalue weighted by atomic mass is 16.3. The van der Waals surface area contributed by atoms with Crippen molar-refractivity contribution in [2.45, 2.75) is 20.4 Å². The lowest BCUT2D eigenvalue weighted by molar-refractivity contribution is 0.195. The Morgan fingerprint density at radius 3 is 2.85 bits per heavy atom. The van der Waals surface area contributed by atoms with Crippen molar-refractivity contribution in [1.29, 1.82) is 0 Å². The molecule has 1 heterocycles. The van der Waals surface area contributed by atoms with Gasteiger partial charge in [-0.05, 0) is 13.5 Å². The zero-order valence-electron chi connectivity index (χ0n) is 8.16. The second-order valence-corrected chi connectivity index (χ2v) is 2.95. The van der Waals surface area contributed by atoms with Crippen molar-refractivity contribution in [3.05, 3.63) is 17.8 Å². The van der Waals surface area contributed by atoms with Crippen LogP contribution in [-0.2, 0) is 6.54 Å². The lowest BCUT2D eigenvalue weighted by atomic mass is 10.3. The van der Waals surface area contributed by atoms with E-state index in [-0.39, 0.29) is 6.61 Å². The number of aromatic nitrogens is 1. The van der Waals surface area contributed by atoms with Gasteiger partial charge in [0, 0.05) is 13.1 Å². The minimum atomic E-state index is 0.185. The highest BCUT2D eigenvalue weighted by Crippen LogP contribution is 2.07. The lowest BCUT2D eigenvalue weighted by Gasteiger charge is -2.17. The number of aryl methyl sites for hydroxylation is 1. The fourth-order valence-corrected chi connectivity index (χ4v) is 1.18. The molecule has 0 aliphatic carbocycles. The molecule has 0 aliphatic heterocycles. The molecule has 0 fully saturated rings. The first-order valence-electron chi connectivity index (χ1n) is 4.50. The number of hydrogen-bond donors (Lipinski definition) is 1. The van der Waals surface area contributed by atoms with Gasteiger partial charge >= 0.3 is 0 Å². The van der Waals surface area contributed by atoms with E-state index in [9.17, 15) is 0 Å². The first-order chi connectivity index (χ1) is 6.27. The van der Waals surface area contributed by atoms with E-state index >= 15 is 0 Å². The standard InChI is InChI=1S/C9H16N2O2/c1-3-11(4-5-12)6-9-8(2)13-7-10-9/h7,12H,3-6H2,1-2H3. The van der Waals surface area contributed by atoms with Crippen LogP contribution in [0.5, 0.6) is 0 Å². The molecule has 0 spiro atoms. The van der Waals surface area contributed by atoms with Crippen molar-refractivity contribution in [3.63, 3.8) is 0 Å². The van der Waals surface area contributed by atoms with Crippen LogP contribution in [-0.4, -0.2) is 34.7 Å². The van der Waals surface area contributed by atoms with Crippen LogP contribution in [0.4, 0.5) is 0 Å². The molecular weight excluding hydrogens is 168 g/mol. The predicted octanol–water partition coefficient (Wildman–Crippen LogP) is 0.797. The van der Waals surface area contributed by atoms with Crippen LogP contribution in [0.3, 0.4) is 0 Å². The predicted molar refractivity (Wildman–Crippen MR) is 49.3 cm³/mol. The highest BCUT2D eigenvalue weighted by molar-refractivity contribution is 5.04. The highest BCUT2D eigenvalue weighted by Gasteiger charge is 2.07. The molecule has 1 N–H and O–H groups in total. The van der Waals surface area contributed by atoms with E-state index in [0.717, 1.165) is 24.5 Å². The third-order valence-electron chi connectivity index (χ3n) is 2.08. The largest absolute Gasteiger partial charge is 0.448 e. The van der Waals surface area contributed by atoms with Crippen LogP contribution in [0.1, 0.15) is 18.4 Å². The van der Waals surface area contributed by atoms with Gasteiger partial charge in [-0.2, -0.15) is 0 Å². The molecule has 13 heavy (non-hydrogen) atoms. The fraction of sp³-hybridized carbons (Fsp3) is 0.667. The van der Waals surface area contributed by atoms with E-state index in [1.54, 1.807) is 0 Å². The molecule has 4 heteroatoms. The van der Waals surface area contributed by atoms with Gasteiger partial charge < -0.3 is 9.52 Å². The van der Waals surface area contributed by atoms with Gasteiger partial charge in [-0.15, -0.1) is 0 Å². The fourth-order valence-electron chi connectivity index (χ4n) is 1.18. The summed E-state index contributed by atoms with van der Waals surface area (Å²) in [5.41, 5.74) is 0.954. The topological polar surface area (TPSA) is 49.5 Å². The van der Waals surface area contributed by atoms with Crippen molar-refractivity contribution < 1.29 is 9.52 Å². The maximum atomic E-state index is 8.78. The van der Waals surface area contributed by atoms with E-state index in [4.69, 9.17) is 9.52 Å². The smallest absolute Gasteiger partial charge is 0.181 e. The molecule has 0 amide bonds. The number of hydrogen-bond acceptors (Lipinski definition) is 4. The minimum Gasteiger partial charge on any atom is -0.448 e. The van der Waals surface area contributed by atoms with Gasteiger partial charge in [-0.25, -0.2) is 4.98 Å². The molecule has 0 bridgehead atoms. The average molecular weight is 184 g/mol. The second-order valence-electron chi connectivity index (χ2n) is 2.95. The molecule has 1 aromatic heterocycles. The summed E-state index contributed by atoms with van der Waals surface area (Å²) in [6.07, 6.45) is 1.46. The number of rotatable bonds is 5. The summed E-state index contributed by atoms with van der Waals surface area (Å²) in [5.74, 6) is 0.858. The molecule has 4 nitrogen and oxygen atoms in total. The molecule has 0 saturated carbocycles. The summed E-state index contributed by atoms with van der Waals surface area (Å²) in [6.45, 7) is 6.49. The van der Waals surface area contributed by atoms with Crippen molar-refractivity contribution in [2.24, 2.45) is 0 Å². The van der Waals surface area contributed by atoms with E-state index in [1.807, 2.05) is 6.92 Å². The summed E-state index contributed by atoms with van der Waals surface area (Å²) in [4.78, 5) is 6.21. The van der Waals surface area contributed by atoms with Crippen LogP contribution >= 0.6 is 0 Å². The van der Waals surface area contributed by atoms with Gasteiger partial charge in [-0.3, -0.25) is 4.90 Å². The summed E-state index contributed by atoms with van der Waals surface area (Å²) in [7, 11) is 0. The number of aliphatic hydroxyl groups excluding tert-OH is 1. The Labute approximate surface area is 78.2 Å². The van der Waals surface area contributed by atoms with Crippen molar-refractivity contribution in [3.8, 4) is 0 Å². The van der Waals surface area contributed by atoms with Gasteiger partial charge in [-0.1, -0.05) is 6.92 Å². The van der Waals surface area contributed by atoms with Crippen LogP contribution in [0.25, 0.3) is 0 Å². The van der Waals surface area contributed by atoms with Crippen LogP contribution in [0.15, 0.2) is 10.8 Å². The van der Waals surface area contributed by atoms with Crippen molar-refractivity contribution in [1.82, 2.24) is 9.88 Å². The molecule has 0 radical (unpaired) electrons. The minimum absolute atomic E-state index is 0.185. The first-order valence-corrected chi connectivity index (χ1v) is 4.50. The van der Waals surface area contributed by atoms with E-state index in [1.165, 1.54) is 6.39 Å². The molecule has 0 atom stereocenters. The Morgan fingerprint density at radius 1 is 1.62 bits per heavy atom. The molecular formula is C9H16N2O2. The van der Waals surface area contributed by atoms with Crippen molar-refractivity contribution in [2.75, 3.05) is 19.7 Å². The van der Waals surface area contributed by atoms with E-state index < -0.39 is 0 Å². The van der Waals surface area contributed by atoms with Crippen LogP contribution < -0.4 is 0 Å². The van der Waals surface area contributed by atoms with Gasteiger partial charge in [0.25, 0.3) is 0 Å². The van der Waals surface area contributed by atoms with Gasteiger partial charge in [0.2, 0.25) is 0 Å². The zero-order valence-corrected chi connectivity index (χ0v) is 8.16. The zero-order chi connectivity index (χ0) is 9.68. The normalized spacial score (nSPS) is 11.1. The van der Waals surface area contributed by atoms with Crippen LogP contribution in [0, 0.1) is 6.92 Å². The Kier molecular flexibility index (Phi) is 3.92. The maximum absolute atomic E-state index is 8.78. The molecule has 0 unspecified atom stereocenters. The van der Waals surface area contributed by atoms with Gasteiger partial charge in [0.15, 0.2) is 6.39 Å². The Morgan fingerprint density at radius 2 is 2.38 bits per heavy atom. The molecule has 0 saturated heterocycles. The van der Waals surface area contributed by atoms with Crippen molar-refractivity contribution >= 4 is 0 Å². The molecule has 0 aliphatic rings. The Balaban J connectivity index is 2.51. The number of aliphatic hydroxyl groups is 1. The third kappa shape index (κ3) is 2.82. The Hall–Kier alpha value is -0.870. The summed E-state index contributed by atoms with van der Waals surface area (Å²) in [5, 5.41) is 8.78. The molecule has 1 aromatic rings. The molecule has 74 valence electrons. The quantitative estimate of drug-likeness (QED) is 0.735. The molecule has 1 rings (SSSR count). The SMILES string of the molecule is CCN(CCO)Cc1ncoc1C. The second kappa shape index (κ2) is 4.99. The lowest BCUT2D eigenvalue weighted by Crippen LogP contribution is -2.26. The van der Waals surface area contributed by atoms with Crippen LogP contribution in [0.2, 0.25) is 0 Å². The number of oxazole rings is 1. The number of likely N-dealkylation sites (N-methyl/N-ethyl adjacent to an activating group) is 1. The maximum Gasteiger partial charge on any atom is 0.181 e. The molecule has 0 aromatic carbocycles. The average Bonchev–Trinajstić information content (AvgIpc) is 2.51. The third-order valence-corrected chi connectivity index (χ3v) is 2.08.